The van der Waals surface area contributed by atoms with E-state index in [1.54, 1.807) is 0 Å². The van der Waals surface area contributed by atoms with Crippen LogP contribution in [0.5, 0.6) is 0 Å². The third kappa shape index (κ3) is 7.17. The molecule has 0 saturated carbocycles. The highest BCUT2D eigenvalue weighted by Crippen LogP contribution is 2.12. The molecule has 0 radical (unpaired) electrons. The Morgan fingerprint density at radius 1 is 1.00 bits per heavy atom. The molecule has 31 heavy (non-hydrogen) atoms. The lowest BCUT2D eigenvalue weighted by Gasteiger charge is -2.32. The van der Waals surface area contributed by atoms with E-state index in [0.717, 1.165) is 51.4 Å². The van der Waals surface area contributed by atoms with Crippen LogP contribution in [0.15, 0.2) is 48.5 Å². The van der Waals surface area contributed by atoms with E-state index in [2.05, 4.69) is 84.2 Å². The zero-order chi connectivity index (χ0) is 22.2. The summed E-state index contributed by atoms with van der Waals surface area (Å²) in [4.78, 5) is 19.9. The lowest BCUT2D eigenvalue weighted by Crippen LogP contribution is -2.43. The van der Waals surface area contributed by atoms with E-state index < -0.39 is 0 Å². The van der Waals surface area contributed by atoms with Gasteiger partial charge in [-0.1, -0.05) is 43.3 Å². The van der Waals surface area contributed by atoms with Crippen molar-refractivity contribution >= 4 is 5.91 Å². The minimum Gasteiger partial charge on any atom is -0.348 e. The molecule has 2 aromatic rings. The fraction of sp³-hybridized carbons (Fsp3) is 0.500. The van der Waals surface area contributed by atoms with Crippen LogP contribution in [0.25, 0.3) is 0 Å². The van der Waals surface area contributed by atoms with Gasteiger partial charge in [0.25, 0.3) is 5.91 Å². The number of carbonyl (C=O) groups excluding carboxylic acids is 1. The van der Waals surface area contributed by atoms with Gasteiger partial charge < -0.3 is 10.2 Å². The number of hydrogen-bond acceptors (Lipinski definition) is 4. The Hall–Kier alpha value is -2.21. The molecule has 1 aliphatic heterocycles. The smallest absolute Gasteiger partial charge is 0.251 e. The molecule has 5 nitrogen and oxygen atoms in total. The molecule has 1 N–H and O–H groups in total. The molecule has 0 spiro atoms. The zero-order valence-electron chi connectivity index (χ0n) is 19.6. The molecule has 1 aliphatic rings. The Morgan fingerprint density at radius 2 is 1.68 bits per heavy atom. The summed E-state index contributed by atoms with van der Waals surface area (Å²) in [5.41, 5.74) is 4.41. The second-order valence-electron chi connectivity index (χ2n) is 8.94. The maximum Gasteiger partial charge on any atom is 0.251 e. The van der Waals surface area contributed by atoms with E-state index in [9.17, 15) is 4.79 Å². The van der Waals surface area contributed by atoms with E-state index in [1.165, 1.54) is 11.1 Å². The van der Waals surface area contributed by atoms with E-state index in [1.807, 2.05) is 12.1 Å². The van der Waals surface area contributed by atoms with Crippen LogP contribution < -0.4 is 5.32 Å². The molecular formula is C26H38N4O. The Morgan fingerprint density at radius 3 is 2.32 bits per heavy atom. The summed E-state index contributed by atoms with van der Waals surface area (Å²) in [6.07, 6.45) is 0. The molecule has 0 bridgehead atoms. The van der Waals surface area contributed by atoms with Gasteiger partial charge in [-0.2, -0.15) is 0 Å². The van der Waals surface area contributed by atoms with Gasteiger partial charge in [0, 0.05) is 57.4 Å². The molecule has 0 atom stereocenters. The van der Waals surface area contributed by atoms with Gasteiger partial charge >= 0.3 is 0 Å². The first-order valence-corrected chi connectivity index (χ1v) is 11.5. The van der Waals surface area contributed by atoms with Crippen LogP contribution in [0.4, 0.5) is 0 Å². The lowest BCUT2D eigenvalue weighted by molar-refractivity contribution is 0.0951. The van der Waals surface area contributed by atoms with E-state index in [4.69, 9.17) is 0 Å². The van der Waals surface area contributed by atoms with Gasteiger partial charge in [0.2, 0.25) is 0 Å². The van der Waals surface area contributed by atoms with Crippen molar-refractivity contribution in [1.82, 2.24) is 20.0 Å². The summed E-state index contributed by atoms with van der Waals surface area (Å²) in [7, 11) is 2.18. The van der Waals surface area contributed by atoms with Crippen molar-refractivity contribution in [3.05, 3.63) is 70.8 Å². The zero-order valence-corrected chi connectivity index (χ0v) is 19.6. The SMILES string of the molecule is CCN(Cc1ccc(C(=O)NCc2cccc(CN3CCN(C)CC3)c2)cc1)C(C)C. The Kier molecular flexibility index (Phi) is 8.64. The summed E-state index contributed by atoms with van der Waals surface area (Å²) in [6, 6.07) is 17.1. The van der Waals surface area contributed by atoms with Crippen LogP contribution in [0, 0.1) is 0 Å². The van der Waals surface area contributed by atoms with Crippen molar-refractivity contribution < 1.29 is 4.79 Å². The normalized spacial score (nSPS) is 15.5. The number of hydrogen-bond donors (Lipinski definition) is 1. The van der Waals surface area contributed by atoms with Crippen LogP contribution in [0.2, 0.25) is 0 Å². The van der Waals surface area contributed by atoms with Gasteiger partial charge in [0.15, 0.2) is 0 Å². The van der Waals surface area contributed by atoms with Gasteiger partial charge in [-0.3, -0.25) is 14.6 Å². The highest BCUT2D eigenvalue weighted by atomic mass is 16.1. The molecule has 168 valence electrons. The Labute approximate surface area is 188 Å². The molecular weight excluding hydrogens is 384 g/mol. The quantitative estimate of drug-likeness (QED) is 0.670. The lowest BCUT2D eigenvalue weighted by atomic mass is 10.1. The molecule has 0 aromatic heterocycles. The van der Waals surface area contributed by atoms with Crippen molar-refractivity contribution in [3.63, 3.8) is 0 Å². The van der Waals surface area contributed by atoms with Crippen LogP contribution in [0.3, 0.4) is 0 Å². The highest BCUT2D eigenvalue weighted by molar-refractivity contribution is 5.94. The Bertz CT molecular complexity index is 826. The monoisotopic (exact) mass is 422 g/mol. The molecule has 1 fully saturated rings. The molecule has 2 aromatic carbocycles. The standard InChI is InChI=1S/C26H38N4O/c1-5-30(21(2)3)20-22-9-11-25(12-10-22)26(31)27-18-23-7-6-8-24(17-23)19-29-15-13-28(4)14-16-29/h6-12,17,21H,5,13-16,18-20H2,1-4H3,(H,27,31). The number of rotatable bonds is 9. The molecule has 5 heteroatoms. The maximum atomic E-state index is 12.6. The van der Waals surface area contributed by atoms with Crippen molar-refractivity contribution in [2.75, 3.05) is 39.8 Å². The molecule has 1 saturated heterocycles. The molecule has 1 amide bonds. The van der Waals surface area contributed by atoms with Crippen molar-refractivity contribution in [2.24, 2.45) is 0 Å². The Balaban J connectivity index is 1.51. The van der Waals surface area contributed by atoms with Crippen LogP contribution in [-0.4, -0.2) is 66.4 Å². The van der Waals surface area contributed by atoms with Crippen LogP contribution in [-0.2, 0) is 19.6 Å². The van der Waals surface area contributed by atoms with Gasteiger partial charge in [0.1, 0.15) is 0 Å². The minimum absolute atomic E-state index is 0.0211. The number of likely N-dealkylation sites (N-methyl/N-ethyl adjacent to an activating group) is 1. The summed E-state index contributed by atoms with van der Waals surface area (Å²) in [5, 5.41) is 3.07. The number of nitrogens with zero attached hydrogens (tertiary/aromatic N) is 3. The number of benzene rings is 2. The van der Waals surface area contributed by atoms with Crippen LogP contribution in [0.1, 0.15) is 47.8 Å². The number of nitrogens with one attached hydrogen (secondary N) is 1. The third-order valence-corrected chi connectivity index (χ3v) is 6.18. The molecule has 3 rings (SSSR count). The fourth-order valence-corrected chi connectivity index (χ4v) is 4.04. The maximum absolute atomic E-state index is 12.6. The van der Waals surface area contributed by atoms with Gasteiger partial charge in [-0.25, -0.2) is 0 Å². The fourth-order valence-electron chi connectivity index (χ4n) is 4.04. The van der Waals surface area contributed by atoms with Crippen molar-refractivity contribution in [3.8, 4) is 0 Å². The second kappa shape index (κ2) is 11.4. The van der Waals surface area contributed by atoms with E-state index in [-0.39, 0.29) is 5.91 Å². The van der Waals surface area contributed by atoms with E-state index >= 15 is 0 Å². The first-order valence-electron chi connectivity index (χ1n) is 11.5. The van der Waals surface area contributed by atoms with Crippen LogP contribution >= 0.6 is 0 Å². The topological polar surface area (TPSA) is 38.8 Å². The largest absolute Gasteiger partial charge is 0.348 e. The second-order valence-corrected chi connectivity index (χ2v) is 8.94. The average molecular weight is 423 g/mol. The summed E-state index contributed by atoms with van der Waals surface area (Å²) < 4.78 is 0. The first kappa shape index (κ1) is 23.5. The number of piperazine rings is 1. The van der Waals surface area contributed by atoms with Gasteiger partial charge in [0.05, 0.1) is 0 Å². The van der Waals surface area contributed by atoms with Crippen molar-refractivity contribution in [1.29, 1.82) is 0 Å². The summed E-state index contributed by atoms with van der Waals surface area (Å²) >= 11 is 0. The van der Waals surface area contributed by atoms with E-state index in [0.29, 0.717) is 18.2 Å². The third-order valence-electron chi connectivity index (χ3n) is 6.18. The average Bonchev–Trinajstić information content (AvgIpc) is 2.78. The van der Waals surface area contributed by atoms with Gasteiger partial charge in [-0.05, 0) is 56.3 Å². The van der Waals surface area contributed by atoms with Crippen molar-refractivity contribution in [2.45, 2.75) is 46.4 Å². The van der Waals surface area contributed by atoms with Gasteiger partial charge in [-0.15, -0.1) is 0 Å². The first-order chi connectivity index (χ1) is 14.9. The predicted octanol–water partition coefficient (Wildman–Crippen LogP) is 3.59. The minimum atomic E-state index is -0.0211. The molecule has 1 heterocycles. The predicted molar refractivity (Wildman–Crippen MR) is 128 cm³/mol. The molecule has 0 aliphatic carbocycles. The summed E-state index contributed by atoms with van der Waals surface area (Å²) in [6.45, 7) is 14.5. The number of amides is 1. The number of carbonyl (C=O) groups is 1. The molecule has 0 unspecified atom stereocenters. The summed E-state index contributed by atoms with van der Waals surface area (Å²) in [5.74, 6) is -0.0211. The highest BCUT2D eigenvalue weighted by Gasteiger charge is 2.14.